The van der Waals surface area contributed by atoms with Crippen molar-refractivity contribution in [3.63, 3.8) is 0 Å². The Balaban J connectivity index is 1.84. The molecule has 128 valence electrons. The highest BCUT2D eigenvalue weighted by molar-refractivity contribution is 6.27. The summed E-state index contributed by atoms with van der Waals surface area (Å²) in [7, 11) is 0. The van der Waals surface area contributed by atoms with Gasteiger partial charge in [0, 0.05) is 29.0 Å². The zero-order valence-electron chi connectivity index (χ0n) is 14.6. The summed E-state index contributed by atoms with van der Waals surface area (Å²) >= 11 is 0. The maximum Gasteiger partial charge on any atom is 0.308 e. The summed E-state index contributed by atoms with van der Waals surface area (Å²) in [6.07, 6.45) is 4.33. The number of esters is 1. The summed E-state index contributed by atoms with van der Waals surface area (Å²) in [6, 6.07) is 13.9. The van der Waals surface area contributed by atoms with Crippen LogP contribution in [0.2, 0.25) is 0 Å². The first-order chi connectivity index (χ1) is 12.6. The highest BCUT2D eigenvalue weighted by atomic mass is 16.5. The molecule has 0 aromatic heterocycles. The zero-order valence-corrected chi connectivity index (χ0v) is 14.6. The maximum atomic E-state index is 13.3. The van der Waals surface area contributed by atoms with Crippen molar-refractivity contribution in [3.8, 4) is 16.9 Å². The van der Waals surface area contributed by atoms with Gasteiger partial charge in [-0.25, -0.2) is 0 Å². The Hall–Kier alpha value is -2.94. The molecule has 0 amide bonds. The SMILES string of the molecule is CC(=O)Oc1cc2c(c3ccccc13)-c1ccc3c(c1C2=O)CCCC3. The third kappa shape index (κ3) is 2.07. The first-order valence-corrected chi connectivity index (χ1v) is 9.09. The van der Waals surface area contributed by atoms with E-state index in [2.05, 4.69) is 12.1 Å². The highest BCUT2D eigenvalue weighted by Gasteiger charge is 2.33. The van der Waals surface area contributed by atoms with Crippen molar-refractivity contribution in [2.75, 3.05) is 0 Å². The lowest BCUT2D eigenvalue weighted by atomic mass is 9.85. The number of aryl methyl sites for hydroxylation is 1. The summed E-state index contributed by atoms with van der Waals surface area (Å²) < 4.78 is 5.42. The minimum Gasteiger partial charge on any atom is -0.426 e. The Morgan fingerprint density at radius 3 is 2.50 bits per heavy atom. The number of ketones is 1. The van der Waals surface area contributed by atoms with E-state index in [9.17, 15) is 9.59 Å². The van der Waals surface area contributed by atoms with Gasteiger partial charge < -0.3 is 4.74 Å². The molecule has 2 aliphatic rings. The van der Waals surface area contributed by atoms with Crippen LogP contribution in [0.25, 0.3) is 21.9 Å². The highest BCUT2D eigenvalue weighted by Crippen LogP contribution is 2.47. The van der Waals surface area contributed by atoms with E-state index in [1.165, 1.54) is 24.5 Å². The molecule has 26 heavy (non-hydrogen) atoms. The Kier molecular flexibility index (Phi) is 3.26. The molecule has 0 aliphatic heterocycles. The van der Waals surface area contributed by atoms with Gasteiger partial charge in [0.1, 0.15) is 5.75 Å². The minimum absolute atomic E-state index is 0.0629. The summed E-state index contributed by atoms with van der Waals surface area (Å²) in [6.45, 7) is 1.38. The van der Waals surface area contributed by atoms with Gasteiger partial charge in [0.2, 0.25) is 0 Å². The number of hydrogen-bond acceptors (Lipinski definition) is 3. The van der Waals surface area contributed by atoms with Crippen molar-refractivity contribution >= 4 is 22.5 Å². The molecule has 5 rings (SSSR count). The lowest BCUT2D eigenvalue weighted by Gasteiger charge is -2.18. The number of hydrogen-bond donors (Lipinski definition) is 0. The normalized spacial score (nSPS) is 14.7. The van der Waals surface area contributed by atoms with Gasteiger partial charge in [0.25, 0.3) is 0 Å². The smallest absolute Gasteiger partial charge is 0.308 e. The van der Waals surface area contributed by atoms with Crippen molar-refractivity contribution in [1.82, 2.24) is 0 Å². The lowest BCUT2D eigenvalue weighted by molar-refractivity contribution is -0.131. The Labute approximate surface area is 151 Å². The van der Waals surface area contributed by atoms with Gasteiger partial charge in [-0.3, -0.25) is 9.59 Å². The monoisotopic (exact) mass is 342 g/mol. The van der Waals surface area contributed by atoms with Crippen LogP contribution in [-0.4, -0.2) is 11.8 Å². The molecule has 0 fully saturated rings. The average molecular weight is 342 g/mol. The molecule has 0 saturated carbocycles. The van der Waals surface area contributed by atoms with Gasteiger partial charge in [-0.15, -0.1) is 0 Å². The van der Waals surface area contributed by atoms with Crippen LogP contribution in [0, 0.1) is 0 Å². The van der Waals surface area contributed by atoms with E-state index in [1.807, 2.05) is 24.3 Å². The first kappa shape index (κ1) is 15.3. The molecule has 3 aromatic carbocycles. The largest absolute Gasteiger partial charge is 0.426 e. The molecule has 0 atom stereocenters. The molecular weight excluding hydrogens is 324 g/mol. The number of carbonyl (C=O) groups excluding carboxylic acids is 2. The molecule has 0 spiro atoms. The third-order valence-corrected chi connectivity index (χ3v) is 5.53. The summed E-state index contributed by atoms with van der Waals surface area (Å²) in [5.74, 6) is 0.144. The van der Waals surface area contributed by atoms with E-state index >= 15 is 0 Å². The number of fused-ring (bicyclic) bond motifs is 7. The van der Waals surface area contributed by atoms with Gasteiger partial charge in [-0.1, -0.05) is 36.4 Å². The third-order valence-electron chi connectivity index (χ3n) is 5.53. The molecule has 0 radical (unpaired) electrons. The van der Waals surface area contributed by atoms with Crippen molar-refractivity contribution in [2.45, 2.75) is 32.6 Å². The lowest BCUT2D eigenvalue weighted by Crippen LogP contribution is -2.09. The van der Waals surface area contributed by atoms with Gasteiger partial charge in [-0.05, 0) is 53.8 Å². The quantitative estimate of drug-likeness (QED) is 0.367. The van der Waals surface area contributed by atoms with E-state index in [0.29, 0.717) is 11.3 Å². The second-order valence-corrected chi connectivity index (χ2v) is 7.10. The van der Waals surface area contributed by atoms with Gasteiger partial charge in [0.15, 0.2) is 5.78 Å². The van der Waals surface area contributed by atoms with E-state index in [0.717, 1.165) is 46.7 Å². The maximum absolute atomic E-state index is 13.3. The molecule has 2 aliphatic carbocycles. The molecule has 0 unspecified atom stereocenters. The number of benzene rings is 3. The summed E-state index contributed by atoms with van der Waals surface area (Å²) in [4.78, 5) is 24.8. The second-order valence-electron chi connectivity index (χ2n) is 7.10. The van der Waals surface area contributed by atoms with Crippen LogP contribution in [0.4, 0.5) is 0 Å². The molecule has 3 aromatic rings. The van der Waals surface area contributed by atoms with E-state index in [4.69, 9.17) is 4.74 Å². The Morgan fingerprint density at radius 1 is 0.923 bits per heavy atom. The van der Waals surface area contributed by atoms with E-state index < -0.39 is 0 Å². The molecule has 0 saturated heterocycles. The Bertz CT molecular complexity index is 1110. The fourth-order valence-electron chi connectivity index (χ4n) is 4.48. The molecule has 0 heterocycles. The van der Waals surface area contributed by atoms with Crippen molar-refractivity contribution < 1.29 is 14.3 Å². The predicted molar refractivity (Wildman–Crippen MR) is 101 cm³/mol. The van der Waals surface area contributed by atoms with Crippen LogP contribution in [-0.2, 0) is 17.6 Å². The molecule has 0 bridgehead atoms. The van der Waals surface area contributed by atoms with E-state index in [-0.39, 0.29) is 11.8 Å². The van der Waals surface area contributed by atoms with Gasteiger partial charge >= 0.3 is 5.97 Å². The first-order valence-electron chi connectivity index (χ1n) is 9.09. The average Bonchev–Trinajstić information content (AvgIpc) is 2.94. The molecule has 3 nitrogen and oxygen atoms in total. The molecule has 0 N–H and O–H groups in total. The van der Waals surface area contributed by atoms with Crippen LogP contribution >= 0.6 is 0 Å². The van der Waals surface area contributed by atoms with Gasteiger partial charge in [-0.2, -0.15) is 0 Å². The second kappa shape index (κ2) is 5.53. The van der Waals surface area contributed by atoms with Crippen molar-refractivity contribution in [1.29, 1.82) is 0 Å². The van der Waals surface area contributed by atoms with Gasteiger partial charge in [0.05, 0.1) is 0 Å². The standard InChI is InChI=1S/C23H18O3/c1-13(24)26-20-12-19-21(17-9-5-4-8-16(17)20)18-11-10-14-6-2-3-7-15(14)22(18)23(19)25/h4-5,8-12H,2-3,6-7H2,1H3. The summed E-state index contributed by atoms with van der Waals surface area (Å²) in [5, 5.41) is 1.82. The number of rotatable bonds is 1. The van der Waals surface area contributed by atoms with E-state index in [1.54, 1.807) is 6.07 Å². The minimum atomic E-state index is -0.379. The van der Waals surface area contributed by atoms with Crippen molar-refractivity contribution in [2.24, 2.45) is 0 Å². The van der Waals surface area contributed by atoms with Crippen LogP contribution in [0.5, 0.6) is 5.75 Å². The number of carbonyl (C=O) groups is 2. The molecule has 3 heteroatoms. The zero-order chi connectivity index (χ0) is 17.8. The predicted octanol–water partition coefficient (Wildman–Crippen LogP) is 4.86. The van der Waals surface area contributed by atoms with Crippen molar-refractivity contribution in [3.05, 3.63) is 64.7 Å². The van der Waals surface area contributed by atoms with Crippen LogP contribution in [0.1, 0.15) is 46.8 Å². The van der Waals surface area contributed by atoms with Crippen LogP contribution in [0.3, 0.4) is 0 Å². The van der Waals surface area contributed by atoms with Crippen LogP contribution in [0.15, 0.2) is 42.5 Å². The Morgan fingerprint density at radius 2 is 1.69 bits per heavy atom. The van der Waals surface area contributed by atoms with Crippen LogP contribution < -0.4 is 4.74 Å². The topological polar surface area (TPSA) is 43.4 Å². The fourth-order valence-corrected chi connectivity index (χ4v) is 4.48. The number of ether oxygens (including phenoxy) is 1. The fraction of sp³-hybridized carbons (Fsp3) is 0.217. The summed E-state index contributed by atoms with van der Waals surface area (Å²) in [5.41, 5.74) is 6.03. The molecular formula is C23H18O3.